The Morgan fingerprint density at radius 3 is 2.71 bits per heavy atom. The normalized spacial score (nSPS) is 11.9. The van der Waals surface area contributed by atoms with Gasteiger partial charge in [-0.3, -0.25) is 0 Å². The molecule has 0 radical (unpaired) electrons. The number of aromatic carboxylic acids is 1. The van der Waals surface area contributed by atoms with Gasteiger partial charge in [-0.15, -0.1) is 11.3 Å². The summed E-state index contributed by atoms with van der Waals surface area (Å²) in [5.74, 6) is -4.67. The molecule has 0 aromatic carbocycles. The van der Waals surface area contributed by atoms with Crippen LogP contribution in [0.15, 0.2) is 5.38 Å². The third kappa shape index (κ3) is 3.98. The van der Waals surface area contributed by atoms with E-state index in [1.165, 1.54) is 5.38 Å². The fourth-order valence-corrected chi connectivity index (χ4v) is 2.17. The van der Waals surface area contributed by atoms with Crippen LogP contribution in [0.3, 0.4) is 0 Å². The van der Waals surface area contributed by atoms with E-state index in [2.05, 4.69) is 4.98 Å². The van der Waals surface area contributed by atoms with Gasteiger partial charge in [0, 0.05) is 18.3 Å². The summed E-state index contributed by atoms with van der Waals surface area (Å²) in [6.07, 6.45) is 0.0594. The van der Waals surface area contributed by atoms with Crippen molar-refractivity contribution in [2.24, 2.45) is 0 Å². The van der Waals surface area contributed by atoms with Crippen molar-refractivity contribution in [3.63, 3.8) is 0 Å². The van der Waals surface area contributed by atoms with Crippen molar-refractivity contribution >= 4 is 27.3 Å². The summed E-state index contributed by atoms with van der Waals surface area (Å²) < 4.78 is 46.8. The monoisotopic (exact) mass is 286 g/mol. The van der Waals surface area contributed by atoms with Gasteiger partial charge < -0.3 is 5.11 Å². The fourth-order valence-electron chi connectivity index (χ4n) is 0.887. The van der Waals surface area contributed by atoms with Crippen LogP contribution in [0.2, 0.25) is 0 Å². The first-order valence-electron chi connectivity index (χ1n) is 4.27. The number of carboxylic acids is 1. The number of nitrogens with zero attached hydrogens (tertiary/aromatic N) is 1. The molecule has 0 saturated carbocycles. The first kappa shape index (κ1) is 13.9. The van der Waals surface area contributed by atoms with E-state index < -0.39 is 21.8 Å². The smallest absolute Gasteiger partial charge is 0.355 e. The molecule has 0 aliphatic carbocycles. The quantitative estimate of drug-likeness (QED) is 0.795. The third-order valence-electron chi connectivity index (χ3n) is 1.65. The van der Waals surface area contributed by atoms with E-state index >= 15 is 0 Å². The molecule has 6 nitrogen and oxygen atoms in total. The molecule has 0 unspecified atom stereocenters. The molecule has 0 spiro atoms. The van der Waals surface area contributed by atoms with Crippen LogP contribution in [0, 0.1) is 0 Å². The number of aromatic nitrogens is 1. The molecule has 0 amide bonds. The molecule has 1 rings (SSSR count). The number of hydrogen-bond acceptors (Lipinski definition) is 5. The maximum atomic E-state index is 11.9. The Balaban J connectivity index is 2.49. The van der Waals surface area contributed by atoms with Crippen LogP contribution in [0.5, 0.6) is 0 Å². The molecule has 10 heteroatoms. The summed E-state index contributed by atoms with van der Waals surface area (Å²) in [7, 11) is -4.60. The van der Waals surface area contributed by atoms with Crippen LogP contribution in [0.1, 0.15) is 15.5 Å². The predicted octanol–water partition coefficient (Wildman–Crippen LogP) is 0.526. The predicted molar refractivity (Wildman–Crippen MR) is 55.7 cm³/mol. The number of rotatable bonds is 6. The Morgan fingerprint density at radius 2 is 2.24 bits per heavy atom. The number of halogens is 2. The van der Waals surface area contributed by atoms with Gasteiger partial charge in [0.15, 0.2) is 5.69 Å². The van der Waals surface area contributed by atoms with Gasteiger partial charge in [-0.05, 0) is 0 Å². The second-order valence-corrected chi connectivity index (χ2v) is 5.56. The number of thiazole rings is 1. The topological polar surface area (TPSA) is 96.4 Å². The van der Waals surface area contributed by atoms with Gasteiger partial charge >= 0.3 is 11.7 Å². The van der Waals surface area contributed by atoms with Crippen molar-refractivity contribution in [3.8, 4) is 0 Å². The van der Waals surface area contributed by atoms with E-state index in [1.807, 2.05) is 0 Å². The molecule has 1 heterocycles. The molecule has 0 aliphatic rings. The Labute approximate surface area is 99.3 Å². The summed E-state index contributed by atoms with van der Waals surface area (Å²) in [6.45, 7) is -0.251. The average Bonchev–Trinajstić information content (AvgIpc) is 2.66. The standard InChI is InChI=1S/C7H8F2N2O4S2/c8-7(9)17(14,15)10-2-1-5-11-4(3-16-5)6(12)13/h3,7,10H,1-2H2,(H,12,13). The Kier molecular flexibility index (Phi) is 4.48. The van der Waals surface area contributed by atoms with Crippen LogP contribution in [0.25, 0.3) is 0 Å². The maximum absolute atomic E-state index is 11.9. The Bertz CT molecular complexity index is 500. The van der Waals surface area contributed by atoms with Gasteiger partial charge in [0.1, 0.15) is 0 Å². The molecule has 17 heavy (non-hydrogen) atoms. The molecular weight excluding hydrogens is 278 g/mol. The van der Waals surface area contributed by atoms with E-state index in [1.54, 1.807) is 4.72 Å². The van der Waals surface area contributed by atoms with Crippen molar-refractivity contribution in [1.82, 2.24) is 9.71 Å². The van der Waals surface area contributed by atoms with Gasteiger partial charge in [0.05, 0.1) is 5.01 Å². The number of hydrogen-bond donors (Lipinski definition) is 2. The summed E-state index contributed by atoms with van der Waals surface area (Å²) in [4.78, 5) is 14.1. The highest BCUT2D eigenvalue weighted by molar-refractivity contribution is 7.89. The summed E-state index contributed by atoms with van der Waals surface area (Å²) in [5.41, 5.74) is -0.151. The highest BCUT2D eigenvalue weighted by Gasteiger charge is 2.22. The minimum Gasteiger partial charge on any atom is -0.476 e. The zero-order valence-electron chi connectivity index (χ0n) is 8.26. The molecule has 0 bridgehead atoms. The van der Waals surface area contributed by atoms with E-state index in [0.717, 1.165) is 11.3 Å². The van der Waals surface area contributed by atoms with E-state index in [9.17, 15) is 22.0 Å². The maximum Gasteiger partial charge on any atom is 0.355 e. The second kappa shape index (κ2) is 5.47. The van der Waals surface area contributed by atoms with Gasteiger partial charge in [0.2, 0.25) is 0 Å². The average molecular weight is 286 g/mol. The SMILES string of the molecule is O=C(O)c1csc(CCNS(=O)(=O)C(F)F)n1. The van der Waals surface area contributed by atoms with E-state index in [4.69, 9.17) is 5.11 Å². The fraction of sp³-hybridized carbons (Fsp3) is 0.429. The summed E-state index contributed by atoms with van der Waals surface area (Å²) in [5, 5.41) is 10.2. The highest BCUT2D eigenvalue weighted by atomic mass is 32.2. The lowest BCUT2D eigenvalue weighted by Crippen LogP contribution is -2.31. The van der Waals surface area contributed by atoms with Crippen molar-refractivity contribution < 1.29 is 27.1 Å². The Morgan fingerprint density at radius 1 is 1.59 bits per heavy atom. The first-order valence-corrected chi connectivity index (χ1v) is 6.70. The molecule has 2 N–H and O–H groups in total. The number of carbonyl (C=O) groups is 1. The van der Waals surface area contributed by atoms with Crippen LogP contribution in [-0.2, 0) is 16.4 Å². The molecular formula is C7H8F2N2O4S2. The van der Waals surface area contributed by atoms with E-state index in [0.29, 0.717) is 5.01 Å². The number of carboxylic acid groups (broad SMARTS) is 1. The molecule has 0 aliphatic heterocycles. The van der Waals surface area contributed by atoms with Crippen LogP contribution >= 0.6 is 11.3 Å². The summed E-state index contributed by atoms with van der Waals surface area (Å²) in [6, 6.07) is 0. The lowest BCUT2D eigenvalue weighted by Gasteiger charge is -2.03. The second-order valence-electron chi connectivity index (χ2n) is 2.88. The zero-order chi connectivity index (χ0) is 13.1. The Hall–Kier alpha value is -1.13. The molecule has 0 atom stereocenters. The summed E-state index contributed by atoms with van der Waals surface area (Å²) >= 11 is 1.02. The van der Waals surface area contributed by atoms with Crippen molar-refractivity contribution in [1.29, 1.82) is 0 Å². The number of alkyl halides is 2. The molecule has 1 aromatic rings. The lowest BCUT2D eigenvalue weighted by molar-refractivity contribution is 0.0691. The molecule has 96 valence electrons. The molecule has 0 fully saturated rings. The minimum atomic E-state index is -4.60. The first-order chi connectivity index (χ1) is 7.83. The van der Waals surface area contributed by atoms with Crippen molar-refractivity contribution in [2.75, 3.05) is 6.54 Å². The molecule has 1 aromatic heterocycles. The van der Waals surface area contributed by atoms with Gasteiger partial charge in [-0.1, -0.05) is 0 Å². The van der Waals surface area contributed by atoms with E-state index in [-0.39, 0.29) is 18.7 Å². The third-order valence-corrected chi connectivity index (χ3v) is 3.63. The van der Waals surface area contributed by atoms with Crippen LogP contribution < -0.4 is 4.72 Å². The van der Waals surface area contributed by atoms with Gasteiger partial charge in [0.25, 0.3) is 10.0 Å². The van der Waals surface area contributed by atoms with Crippen molar-refractivity contribution in [2.45, 2.75) is 12.2 Å². The van der Waals surface area contributed by atoms with Crippen LogP contribution in [-0.4, -0.2) is 36.8 Å². The van der Waals surface area contributed by atoms with Crippen molar-refractivity contribution in [3.05, 3.63) is 16.1 Å². The van der Waals surface area contributed by atoms with Crippen LogP contribution in [0.4, 0.5) is 8.78 Å². The lowest BCUT2D eigenvalue weighted by atomic mass is 10.4. The van der Waals surface area contributed by atoms with Gasteiger partial charge in [-0.2, -0.15) is 8.78 Å². The molecule has 0 saturated heterocycles. The minimum absolute atomic E-state index is 0.0594. The number of nitrogens with one attached hydrogen (secondary N) is 1. The van der Waals surface area contributed by atoms with Gasteiger partial charge in [-0.25, -0.2) is 22.9 Å². The number of sulfonamides is 1. The zero-order valence-corrected chi connectivity index (χ0v) is 9.89. The highest BCUT2D eigenvalue weighted by Crippen LogP contribution is 2.10. The largest absolute Gasteiger partial charge is 0.476 e.